The van der Waals surface area contributed by atoms with Gasteiger partial charge in [0.1, 0.15) is 0 Å². The SMILES string of the molecule is Cc1cn(C(C)c2ccccc2)nc1NC(=O)N1CC=C(c2ccnn2C)CC1. The first-order valence-electron chi connectivity index (χ1n) is 9.87. The molecular formula is C22H26N6O. The van der Waals surface area contributed by atoms with Crippen LogP contribution in [0.1, 0.15) is 36.2 Å². The second kappa shape index (κ2) is 7.95. The molecule has 0 saturated carbocycles. The van der Waals surface area contributed by atoms with Crippen molar-refractivity contribution in [1.29, 1.82) is 0 Å². The topological polar surface area (TPSA) is 68.0 Å². The molecule has 1 N–H and O–H groups in total. The van der Waals surface area contributed by atoms with E-state index in [0.717, 1.165) is 17.7 Å². The number of carbonyl (C=O) groups is 1. The quantitative estimate of drug-likeness (QED) is 0.736. The zero-order valence-corrected chi connectivity index (χ0v) is 17.0. The molecule has 0 fully saturated rings. The summed E-state index contributed by atoms with van der Waals surface area (Å²) < 4.78 is 3.77. The van der Waals surface area contributed by atoms with Crippen molar-refractivity contribution in [3.05, 3.63) is 71.7 Å². The summed E-state index contributed by atoms with van der Waals surface area (Å²) in [6, 6.07) is 12.2. The van der Waals surface area contributed by atoms with Gasteiger partial charge in [0, 0.05) is 38.1 Å². The van der Waals surface area contributed by atoms with E-state index >= 15 is 0 Å². The molecule has 0 spiro atoms. The molecule has 3 heterocycles. The van der Waals surface area contributed by atoms with Crippen LogP contribution in [0.2, 0.25) is 0 Å². The van der Waals surface area contributed by atoms with Crippen LogP contribution in [-0.4, -0.2) is 43.6 Å². The fourth-order valence-corrected chi connectivity index (χ4v) is 3.64. The normalized spacial score (nSPS) is 15.1. The van der Waals surface area contributed by atoms with Crippen molar-refractivity contribution in [3.8, 4) is 0 Å². The van der Waals surface area contributed by atoms with E-state index in [4.69, 9.17) is 0 Å². The largest absolute Gasteiger partial charge is 0.323 e. The van der Waals surface area contributed by atoms with E-state index in [1.54, 1.807) is 11.1 Å². The highest BCUT2D eigenvalue weighted by atomic mass is 16.2. The lowest BCUT2D eigenvalue weighted by Crippen LogP contribution is -2.38. The summed E-state index contributed by atoms with van der Waals surface area (Å²) in [5.74, 6) is 0.610. The van der Waals surface area contributed by atoms with Gasteiger partial charge >= 0.3 is 6.03 Å². The zero-order chi connectivity index (χ0) is 20.4. The molecule has 150 valence electrons. The van der Waals surface area contributed by atoms with E-state index in [0.29, 0.717) is 18.9 Å². The number of rotatable bonds is 4. The van der Waals surface area contributed by atoms with Gasteiger partial charge in [-0.05, 0) is 37.5 Å². The Morgan fingerprint density at radius 1 is 1.21 bits per heavy atom. The maximum atomic E-state index is 12.7. The number of hydrogen-bond acceptors (Lipinski definition) is 3. The highest BCUT2D eigenvalue weighted by Crippen LogP contribution is 2.23. The molecule has 1 unspecified atom stereocenters. The molecule has 1 aliphatic heterocycles. The Kier molecular flexibility index (Phi) is 5.20. The lowest BCUT2D eigenvalue weighted by atomic mass is 10.1. The third-order valence-corrected chi connectivity index (χ3v) is 5.47. The summed E-state index contributed by atoms with van der Waals surface area (Å²) >= 11 is 0. The number of nitrogens with zero attached hydrogens (tertiary/aromatic N) is 5. The van der Waals surface area contributed by atoms with Gasteiger partial charge in [0.05, 0.1) is 11.7 Å². The second-order valence-corrected chi connectivity index (χ2v) is 7.42. The standard InChI is InChI=1S/C22H26N6O/c1-16-15-28(17(2)18-7-5-4-6-8-18)25-21(16)24-22(29)27-13-10-19(11-14-27)20-9-12-23-26(20)3/h4-10,12,15,17H,11,13-14H2,1-3H3,(H,24,25,29). The Bertz CT molecular complexity index is 1030. The smallest absolute Gasteiger partial charge is 0.320 e. The summed E-state index contributed by atoms with van der Waals surface area (Å²) in [5.41, 5.74) is 4.46. The fraction of sp³-hybridized carbons (Fsp3) is 0.318. The van der Waals surface area contributed by atoms with Crippen LogP contribution in [0.4, 0.5) is 10.6 Å². The zero-order valence-electron chi connectivity index (χ0n) is 17.0. The molecule has 1 aromatic carbocycles. The Labute approximate surface area is 170 Å². The summed E-state index contributed by atoms with van der Waals surface area (Å²) in [4.78, 5) is 14.6. The number of anilines is 1. The molecule has 3 aromatic rings. The number of aromatic nitrogens is 4. The molecular weight excluding hydrogens is 364 g/mol. The van der Waals surface area contributed by atoms with E-state index in [1.807, 2.05) is 53.8 Å². The van der Waals surface area contributed by atoms with Gasteiger partial charge in [-0.3, -0.25) is 14.7 Å². The molecule has 2 amide bonds. The first-order valence-corrected chi connectivity index (χ1v) is 9.87. The second-order valence-electron chi connectivity index (χ2n) is 7.42. The molecule has 1 aliphatic rings. The molecule has 4 rings (SSSR count). The molecule has 1 atom stereocenters. The average Bonchev–Trinajstić information content (AvgIpc) is 3.34. The fourth-order valence-electron chi connectivity index (χ4n) is 3.64. The lowest BCUT2D eigenvalue weighted by Gasteiger charge is -2.26. The van der Waals surface area contributed by atoms with Gasteiger partial charge in [-0.2, -0.15) is 10.2 Å². The third kappa shape index (κ3) is 3.94. The molecule has 2 aromatic heterocycles. The predicted molar refractivity (Wildman–Crippen MR) is 114 cm³/mol. The minimum Gasteiger partial charge on any atom is -0.320 e. The summed E-state index contributed by atoms with van der Waals surface area (Å²) in [5, 5.41) is 11.8. The van der Waals surface area contributed by atoms with Gasteiger partial charge in [-0.1, -0.05) is 36.4 Å². The van der Waals surface area contributed by atoms with Crippen molar-refractivity contribution in [2.45, 2.75) is 26.3 Å². The molecule has 29 heavy (non-hydrogen) atoms. The molecule has 0 radical (unpaired) electrons. The van der Waals surface area contributed by atoms with Gasteiger partial charge in [0.25, 0.3) is 0 Å². The number of urea groups is 1. The van der Waals surface area contributed by atoms with E-state index in [-0.39, 0.29) is 12.1 Å². The highest BCUT2D eigenvalue weighted by molar-refractivity contribution is 5.89. The van der Waals surface area contributed by atoms with Gasteiger partial charge in [0.2, 0.25) is 0 Å². The summed E-state index contributed by atoms with van der Waals surface area (Å²) in [7, 11) is 1.94. The van der Waals surface area contributed by atoms with Crippen molar-refractivity contribution in [2.75, 3.05) is 18.4 Å². The van der Waals surface area contributed by atoms with E-state index in [9.17, 15) is 4.79 Å². The first-order chi connectivity index (χ1) is 14.0. The number of benzene rings is 1. The van der Waals surface area contributed by atoms with E-state index in [1.165, 1.54) is 11.1 Å². The minimum atomic E-state index is -0.119. The predicted octanol–water partition coefficient (Wildman–Crippen LogP) is 3.86. The number of aryl methyl sites for hydroxylation is 2. The van der Waals surface area contributed by atoms with Crippen molar-refractivity contribution in [3.63, 3.8) is 0 Å². The van der Waals surface area contributed by atoms with Crippen LogP contribution in [0, 0.1) is 6.92 Å². The number of hydrogen-bond donors (Lipinski definition) is 1. The molecule has 0 aliphatic carbocycles. The third-order valence-electron chi connectivity index (χ3n) is 5.47. The van der Waals surface area contributed by atoms with E-state index in [2.05, 4.69) is 40.6 Å². The average molecular weight is 390 g/mol. The van der Waals surface area contributed by atoms with Gasteiger partial charge in [-0.15, -0.1) is 0 Å². The van der Waals surface area contributed by atoms with Crippen LogP contribution in [0.25, 0.3) is 5.57 Å². The Balaban J connectivity index is 1.42. The molecule has 7 heteroatoms. The Hall–Kier alpha value is -3.35. The van der Waals surface area contributed by atoms with Crippen LogP contribution in [-0.2, 0) is 7.05 Å². The maximum absolute atomic E-state index is 12.7. The lowest BCUT2D eigenvalue weighted by molar-refractivity contribution is 0.217. The van der Waals surface area contributed by atoms with Crippen molar-refractivity contribution >= 4 is 17.4 Å². The van der Waals surface area contributed by atoms with Crippen LogP contribution in [0.3, 0.4) is 0 Å². The number of nitrogens with one attached hydrogen (secondary N) is 1. The molecule has 7 nitrogen and oxygen atoms in total. The van der Waals surface area contributed by atoms with Crippen molar-refractivity contribution in [1.82, 2.24) is 24.5 Å². The Morgan fingerprint density at radius 2 is 2.00 bits per heavy atom. The highest BCUT2D eigenvalue weighted by Gasteiger charge is 2.21. The number of carbonyl (C=O) groups excluding carboxylic acids is 1. The molecule has 0 saturated heterocycles. The van der Waals surface area contributed by atoms with Gasteiger partial charge < -0.3 is 4.90 Å². The maximum Gasteiger partial charge on any atom is 0.323 e. The summed E-state index contributed by atoms with van der Waals surface area (Å²) in [6.07, 6.45) is 6.68. The number of amides is 2. The van der Waals surface area contributed by atoms with Crippen LogP contribution in [0.15, 0.2) is 54.9 Å². The molecule has 0 bridgehead atoms. The Morgan fingerprint density at radius 3 is 2.66 bits per heavy atom. The van der Waals surface area contributed by atoms with Crippen LogP contribution < -0.4 is 5.32 Å². The minimum absolute atomic E-state index is 0.0972. The monoisotopic (exact) mass is 390 g/mol. The van der Waals surface area contributed by atoms with Crippen LogP contribution >= 0.6 is 0 Å². The van der Waals surface area contributed by atoms with Crippen molar-refractivity contribution < 1.29 is 4.79 Å². The van der Waals surface area contributed by atoms with Gasteiger partial charge in [0.15, 0.2) is 5.82 Å². The first kappa shape index (κ1) is 19.0. The van der Waals surface area contributed by atoms with E-state index < -0.39 is 0 Å². The summed E-state index contributed by atoms with van der Waals surface area (Å²) in [6.45, 7) is 5.31. The van der Waals surface area contributed by atoms with Gasteiger partial charge in [-0.25, -0.2) is 4.79 Å². The van der Waals surface area contributed by atoms with Crippen LogP contribution in [0.5, 0.6) is 0 Å². The van der Waals surface area contributed by atoms with Crippen molar-refractivity contribution in [2.24, 2.45) is 7.05 Å².